The van der Waals surface area contributed by atoms with Crippen molar-refractivity contribution in [1.29, 1.82) is 0 Å². The molecule has 0 heterocycles. The fourth-order valence-corrected chi connectivity index (χ4v) is 2.33. The molecule has 0 amide bonds. The molecule has 0 saturated heterocycles. The number of hydrogen-bond acceptors (Lipinski definition) is 2. The van der Waals surface area contributed by atoms with E-state index >= 15 is 0 Å². The van der Waals surface area contributed by atoms with Crippen LogP contribution < -0.4 is 0 Å². The van der Waals surface area contributed by atoms with Gasteiger partial charge in [-0.15, -0.1) is 0 Å². The van der Waals surface area contributed by atoms with Crippen LogP contribution in [0.3, 0.4) is 0 Å². The van der Waals surface area contributed by atoms with Crippen LogP contribution in [0.4, 0.5) is 0 Å². The summed E-state index contributed by atoms with van der Waals surface area (Å²) in [4.78, 5) is 11.9. The summed E-state index contributed by atoms with van der Waals surface area (Å²) in [5, 5.41) is 9.86. The van der Waals surface area contributed by atoms with Crippen LogP contribution in [0, 0.1) is 5.92 Å². The molecule has 1 radical (unpaired) electrons. The maximum absolute atomic E-state index is 11.9. The Morgan fingerprint density at radius 2 is 1.72 bits per heavy atom. The number of benzene rings is 1. The Balaban J connectivity index is 0.00000162. The molecule has 0 aliphatic heterocycles. The Labute approximate surface area is 119 Å². The van der Waals surface area contributed by atoms with Gasteiger partial charge >= 0.3 is 0 Å². The largest absolute Gasteiger partial charge is 0.507 e. The van der Waals surface area contributed by atoms with E-state index in [4.69, 9.17) is 0 Å². The van der Waals surface area contributed by atoms with Gasteiger partial charge in [0.25, 0.3) is 0 Å². The summed E-state index contributed by atoms with van der Waals surface area (Å²) in [5.74, 6) is 0.279. The molecule has 0 aromatic heterocycles. The van der Waals surface area contributed by atoms with Crippen molar-refractivity contribution in [3.8, 4) is 0 Å². The van der Waals surface area contributed by atoms with Gasteiger partial charge < -0.3 is 5.11 Å². The molecular weight excluding hydrogens is 276 g/mol. The van der Waals surface area contributed by atoms with Crippen molar-refractivity contribution in [2.75, 3.05) is 0 Å². The van der Waals surface area contributed by atoms with Crippen LogP contribution in [0.25, 0.3) is 5.76 Å². The van der Waals surface area contributed by atoms with E-state index < -0.39 is 0 Å². The van der Waals surface area contributed by atoms with Gasteiger partial charge in [-0.2, -0.15) is 0 Å². The van der Waals surface area contributed by atoms with Crippen LogP contribution in [0.1, 0.15) is 37.7 Å². The molecule has 1 fully saturated rings. The summed E-state index contributed by atoms with van der Waals surface area (Å²) in [6, 6.07) is 9.20. The first-order chi connectivity index (χ1) is 8.27. The van der Waals surface area contributed by atoms with Gasteiger partial charge in [0.05, 0.1) is 0 Å². The van der Waals surface area contributed by atoms with Crippen molar-refractivity contribution in [1.82, 2.24) is 0 Å². The molecule has 2 rings (SSSR count). The molecule has 0 bridgehead atoms. The summed E-state index contributed by atoms with van der Waals surface area (Å²) in [6.45, 7) is 0. The number of aliphatic hydroxyl groups excluding tert-OH is 1. The second kappa shape index (κ2) is 7.40. The van der Waals surface area contributed by atoms with Gasteiger partial charge in [0.2, 0.25) is 0 Å². The molecule has 1 aliphatic rings. The van der Waals surface area contributed by atoms with E-state index in [0.717, 1.165) is 25.7 Å². The van der Waals surface area contributed by atoms with Gasteiger partial charge in [0.15, 0.2) is 5.78 Å². The monoisotopic (exact) mass is 293 g/mol. The molecule has 18 heavy (non-hydrogen) atoms. The number of rotatable bonds is 3. The molecule has 1 aliphatic carbocycles. The number of hydrogen-bond donors (Lipinski definition) is 1. The van der Waals surface area contributed by atoms with Crippen molar-refractivity contribution < 1.29 is 27.0 Å². The summed E-state index contributed by atoms with van der Waals surface area (Å²) >= 11 is 0. The minimum Gasteiger partial charge on any atom is -0.507 e. The van der Waals surface area contributed by atoms with Crippen LogP contribution >= 0.6 is 0 Å². The van der Waals surface area contributed by atoms with Gasteiger partial charge in [0, 0.05) is 34.6 Å². The fraction of sp³-hybridized carbons (Fsp3) is 0.400. The number of carbonyl (C=O) groups excluding carboxylic acids is 1. The van der Waals surface area contributed by atoms with Gasteiger partial charge in [-0.1, -0.05) is 49.6 Å². The zero-order valence-corrected chi connectivity index (χ0v) is 11.2. The molecule has 1 saturated carbocycles. The molecule has 0 unspecified atom stereocenters. The van der Waals surface area contributed by atoms with Crippen LogP contribution in [-0.2, 0) is 21.9 Å². The average Bonchev–Trinajstić information content (AvgIpc) is 2.40. The molecule has 1 aromatic carbocycles. The zero-order chi connectivity index (χ0) is 12.1. The third-order valence-corrected chi connectivity index (χ3v) is 3.36. The van der Waals surface area contributed by atoms with E-state index in [1.54, 1.807) is 12.1 Å². The number of carbonyl (C=O) groups is 1. The fourth-order valence-electron chi connectivity index (χ4n) is 2.33. The van der Waals surface area contributed by atoms with Crippen molar-refractivity contribution in [3.63, 3.8) is 0 Å². The molecule has 2 nitrogen and oxygen atoms in total. The van der Waals surface area contributed by atoms with Gasteiger partial charge in [0.1, 0.15) is 5.76 Å². The first-order valence-corrected chi connectivity index (χ1v) is 6.27. The first kappa shape index (κ1) is 15.0. The smallest absolute Gasteiger partial charge is 0.162 e. The Bertz CT molecular complexity index is 406. The molecule has 101 valence electrons. The Hall–Kier alpha value is -1.05. The Morgan fingerprint density at radius 3 is 2.33 bits per heavy atom. The van der Waals surface area contributed by atoms with E-state index in [9.17, 15) is 9.90 Å². The van der Waals surface area contributed by atoms with Crippen LogP contribution in [0.5, 0.6) is 0 Å². The van der Waals surface area contributed by atoms with E-state index in [1.165, 1.54) is 12.5 Å². The summed E-state index contributed by atoms with van der Waals surface area (Å²) in [7, 11) is 0. The molecule has 3 heteroatoms. The molecule has 1 aromatic rings. The van der Waals surface area contributed by atoms with Crippen LogP contribution in [-0.4, -0.2) is 10.9 Å². The summed E-state index contributed by atoms with van der Waals surface area (Å²) < 4.78 is 0. The quantitative estimate of drug-likeness (QED) is 0.524. The number of allylic oxidation sites excluding steroid dienone is 1. The van der Waals surface area contributed by atoms with E-state index in [1.807, 2.05) is 18.2 Å². The minimum absolute atomic E-state index is 0. The van der Waals surface area contributed by atoms with Gasteiger partial charge in [-0.3, -0.25) is 4.79 Å². The summed E-state index contributed by atoms with van der Waals surface area (Å²) in [6.07, 6.45) is 6.84. The van der Waals surface area contributed by atoms with Crippen molar-refractivity contribution in [3.05, 3.63) is 42.0 Å². The maximum Gasteiger partial charge on any atom is 0.162 e. The standard InChI is InChI=1S/C15H18O2.Cu/c16-14(12-7-3-1-4-8-12)11-15(17)13-9-5-2-6-10-13;/h1,3-4,7-8,11,13,16H,2,5-6,9-10H2;/b14-11-;. The maximum atomic E-state index is 11.9. The van der Waals surface area contributed by atoms with Gasteiger partial charge in [-0.25, -0.2) is 0 Å². The molecular formula is C15H18CuO2. The summed E-state index contributed by atoms with van der Waals surface area (Å²) in [5.41, 5.74) is 0.705. The normalized spacial score (nSPS) is 17.0. The van der Waals surface area contributed by atoms with Crippen LogP contribution in [0.2, 0.25) is 0 Å². The predicted molar refractivity (Wildman–Crippen MR) is 68.6 cm³/mol. The van der Waals surface area contributed by atoms with Crippen molar-refractivity contribution >= 4 is 11.5 Å². The van der Waals surface area contributed by atoms with Gasteiger partial charge in [-0.05, 0) is 12.8 Å². The Kier molecular flexibility index (Phi) is 6.17. The SMILES string of the molecule is O=C(/C=C(\O)c1ccccc1)C1CCCCC1.[Cu]. The molecule has 0 spiro atoms. The topological polar surface area (TPSA) is 37.3 Å². The average molecular weight is 294 g/mol. The predicted octanol–water partition coefficient (Wildman–Crippen LogP) is 3.73. The van der Waals surface area contributed by atoms with E-state index in [0.29, 0.717) is 5.56 Å². The van der Waals surface area contributed by atoms with Crippen LogP contribution in [0.15, 0.2) is 36.4 Å². The van der Waals surface area contributed by atoms with E-state index in [2.05, 4.69) is 0 Å². The van der Waals surface area contributed by atoms with Crippen molar-refractivity contribution in [2.24, 2.45) is 5.92 Å². The third-order valence-electron chi connectivity index (χ3n) is 3.36. The number of ketones is 1. The van der Waals surface area contributed by atoms with E-state index in [-0.39, 0.29) is 34.5 Å². The second-order valence-electron chi connectivity index (χ2n) is 4.63. The first-order valence-electron chi connectivity index (χ1n) is 6.27. The minimum atomic E-state index is 0. The molecule has 1 N–H and O–H groups in total. The number of aliphatic hydroxyl groups is 1. The third kappa shape index (κ3) is 4.01. The Morgan fingerprint density at radius 1 is 1.11 bits per heavy atom. The molecule has 0 atom stereocenters. The zero-order valence-electron chi connectivity index (χ0n) is 10.2. The second-order valence-corrected chi connectivity index (χ2v) is 4.63. The van der Waals surface area contributed by atoms with Crippen molar-refractivity contribution in [2.45, 2.75) is 32.1 Å².